The number of hydrogen-bond donors (Lipinski definition) is 2. The first-order chi connectivity index (χ1) is 7.15. The summed E-state index contributed by atoms with van der Waals surface area (Å²) in [5, 5.41) is 9.45. The third kappa shape index (κ3) is 2.46. The van der Waals surface area contributed by atoms with Gasteiger partial charge in [0.15, 0.2) is 5.58 Å². The first kappa shape index (κ1) is 10.4. The minimum atomic E-state index is 0.383. The third-order valence-corrected chi connectivity index (χ3v) is 2.92. The van der Waals surface area contributed by atoms with Crippen LogP contribution in [0.3, 0.4) is 0 Å². The molecule has 0 saturated heterocycles. The minimum Gasteiger partial charge on any atom is -0.440 e. The van der Waals surface area contributed by atoms with Crippen LogP contribution < -0.4 is 0 Å². The highest BCUT2D eigenvalue weighted by Crippen LogP contribution is 2.18. The Labute approximate surface area is 91.7 Å². The number of aliphatic hydroxyl groups excluding tert-OH is 1. The molecule has 0 fully saturated rings. The van der Waals surface area contributed by atoms with Gasteiger partial charge < -0.3 is 9.52 Å². The van der Waals surface area contributed by atoms with Crippen molar-refractivity contribution in [2.24, 2.45) is 0 Å². The van der Waals surface area contributed by atoms with Crippen molar-refractivity contribution in [3.63, 3.8) is 0 Å². The molecule has 2 rings (SSSR count). The smallest absolute Gasteiger partial charge is 0.204 e. The number of aryl methyl sites for hydroxylation is 1. The summed E-state index contributed by atoms with van der Waals surface area (Å²) in [5.74, 6) is 1.29. The predicted octanol–water partition coefficient (Wildman–Crippen LogP) is 2.81. The second-order valence-corrected chi connectivity index (χ2v) is 4.72. The van der Waals surface area contributed by atoms with E-state index >= 15 is 0 Å². The summed E-state index contributed by atoms with van der Waals surface area (Å²) in [6, 6.07) is 5.93. The number of aromatic nitrogens is 1. The zero-order chi connectivity index (χ0) is 10.8. The molecule has 0 aliphatic carbocycles. The highest BCUT2D eigenvalue weighted by atomic mass is 32.1. The molecule has 0 aliphatic rings. The van der Waals surface area contributed by atoms with Crippen molar-refractivity contribution in [1.29, 1.82) is 0 Å². The van der Waals surface area contributed by atoms with E-state index in [1.54, 1.807) is 6.92 Å². The fraction of sp³-hybridized carbons (Fsp3) is 0.273. The van der Waals surface area contributed by atoms with Gasteiger partial charge in [-0.15, -0.1) is 0 Å². The summed E-state index contributed by atoms with van der Waals surface area (Å²) in [6.07, 6.45) is 0. The Balaban J connectivity index is 2.35. The lowest BCUT2D eigenvalue weighted by Crippen LogP contribution is -1.83. The van der Waals surface area contributed by atoms with Crippen molar-refractivity contribution in [3.05, 3.63) is 29.7 Å². The lowest BCUT2D eigenvalue weighted by molar-refractivity contribution is 0.553. The summed E-state index contributed by atoms with van der Waals surface area (Å²) in [7, 11) is 0. The average molecular weight is 223 g/mol. The fourth-order valence-electron chi connectivity index (χ4n) is 1.33. The molecule has 4 heteroatoms. The molecule has 15 heavy (non-hydrogen) atoms. The van der Waals surface area contributed by atoms with Crippen LogP contribution in [0, 0.1) is 6.92 Å². The molecule has 0 bridgehead atoms. The highest BCUT2D eigenvalue weighted by molar-refractivity contribution is 7.97. The van der Waals surface area contributed by atoms with Gasteiger partial charge in [0.2, 0.25) is 5.89 Å². The Hall–Kier alpha value is -1.13. The topological polar surface area (TPSA) is 46.3 Å². The number of thiol groups is 1. The normalized spacial score (nSPS) is 12.9. The summed E-state index contributed by atoms with van der Waals surface area (Å²) in [4.78, 5) is 4.33. The Bertz CT molecular complexity index is 512. The molecule has 0 aliphatic heterocycles. The van der Waals surface area contributed by atoms with E-state index in [1.807, 2.05) is 25.1 Å². The fourth-order valence-corrected chi connectivity index (χ4v) is 1.83. The van der Waals surface area contributed by atoms with Gasteiger partial charge in [0.05, 0.1) is 10.8 Å². The molecular weight excluding hydrogens is 210 g/mol. The largest absolute Gasteiger partial charge is 0.440 e. The van der Waals surface area contributed by atoms with Crippen LogP contribution in [0.4, 0.5) is 0 Å². The Morgan fingerprint density at radius 2 is 2.33 bits per heavy atom. The first-order valence-electron chi connectivity index (χ1n) is 4.71. The molecule has 0 spiro atoms. The molecule has 0 atom stereocenters. The van der Waals surface area contributed by atoms with Crippen molar-refractivity contribution >= 4 is 27.5 Å². The van der Waals surface area contributed by atoms with Gasteiger partial charge in [-0.1, -0.05) is 6.07 Å². The summed E-state index contributed by atoms with van der Waals surface area (Å²) in [6.45, 7) is 3.69. The second-order valence-electron chi connectivity index (χ2n) is 3.44. The van der Waals surface area contributed by atoms with E-state index < -0.39 is 0 Å². The molecule has 2 aromatic rings. The number of oxazole rings is 1. The minimum absolute atomic E-state index is 0.383. The van der Waals surface area contributed by atoms with E-state index in [2.05, 4.69) is 4.98 Å². The van der Waals surface area contributed by atoms with Gasteiger partial charge in [-0.3, -0.25) is 0 Å². The van der Waals surface area contributed by atoms with Crippen molar-refractivity contribution < 1.29 is 9.52 Å². The van der Waals surface area contributed by atoms with Gasteiger partial charge >= 0.3 is 0 Å². The number of hydrogen-bond acceptors (Lipinski definition) is 2. The molecule has 1 aromatic heterocycles. The van der Waals surface area contributed by atoms with E-state index in [1.165, 1.54) is 0 Å². The lowest BCUT2D eigenvalue weighted by Gasteiger charge is -1.89. The van der Waals surface area contributed by atoms with Crippen molar-refractivity contribution in [2.45, 2.75) is 19.6 Å². The average Bonchev–Trinajstić information content (AvgIpc) is 2.56. The SMILES string of the molecule is CC(O)=[SH]Cc1nc2ccc(C)cc2o1. The summed E-state index contributed by atoms with van der Waals surface area (Å²) >= 11 is 0.842. The maximum Gasteiger partial charge on any atom is 0.204 e. The number of aliphatic hydroxyl groups is 1. The van der Waals surface area contributed by atoms with Gasteiger partial charge in [-0.05, 0) is 31.5 Å². The van der Waals surface area contributed by atoms with Gasteiger partial charge in [-0.25, -0.2) is 4.98 Å². The zero-order valence-corrected chi connectivity index (χ0v) is 9.58. The Morgan fingerprint density at radius 3 is 3.07 bits per heavy atom. The molecule has 0 radical (unpaired) electrons. The van der Waals surface area contributed by atoms with Crippen LogP contribution in [-0.4, -0.2) is 15.1 Å². The molecule has 0 saturated carbocycles. The summed E-state index contributed by atoms with van der Waals surface area (Å²) in [5.41, 5.74) is 2.85. The zero-order valence-electron chi connectivity index (χ0n) is 8.69. The van der Waals surface area contributed by atoms with E-state index in [4.69, 9.17) is 9.52 Å². The molecule has 3 nitrogen and oxygen atoms in total. The highest BCUT2D eigenvalue weighted by Gasteiger charge is 2.03. The van der Waals surface area contributed by atoms with Crippen molar-refractivity contribution in [3.8, 4) is 0 Å². The van der Waals surface area contributed by atoms with Gasteiger partial charge in [0, 0.05) is 0 Å². The van der Waals surface area contributed by atoms with E-state index in [0.29, 0.717) is 16.7 Å². The summed E-state index contributed by atoms with van der Waals surface area (Å²) < 4.78 is 5.56. The van der Waals surface area contributed by atoms with Crippen LogP contribution >= 0.6 is 11.4 Å². The molecule has 1 N–H and O–H groups in total. The molecule has 1 aromatic carbocycles. The molecule has 0 unspecified atom stereocenters. The quantitative estimate of drug-likeness (QED) is 0.608. The lowest BCUT2D eigenvalue weighted by atomic mass is 10.2. The molecule has 0 amide bonds. The Kier molecular flexibility index (Phi) is 2.88. The van der Waals surface area contributed by atoms with E-state index in [-0.39, 0.29) is 0 Å². The Morgan fingerprint density at radius 1 is 1.53 bits per heavy atom. The van der Waals surface area contributed by atoms with Crippen molar-refractivity contribution in [2.75, 3.05) is 0 Å². The van der Waals surface area contributed by atoms with Gasteiger partial charge in [-0.2, -0.15) is 11.4 Å². The standard InChI is InChI=1S/C11H13NO2S/c1-7-3-4-9-10(5-7)14-11(12-9)6-15-8(2)13/h3-5,13,15H,6H2,1-2H3. The van der Waals surface area contributed by atoms with Gasteiger partial charge in [0.25, 0.3) is 0 Å². The van der Waals surface area contributed by atoms with Crippen LogP contribution in [0.5, 0.6) is 0 Å². The van der Waals surface area contributed by atoms with Crippen LogP contribution in [0.25, 0.3) is 11.1 Å². The number of nitrogens with zero attached hydrogens (tertiary/aromatic N) is 1. The van der Waals surface area contributed by atoms with Crippen LogP contribution in [0.15, 0.2) is 22.6 Å². The van der Waals surface area contributed by atoms with Gasteiger partial charge in [0.1, 0.15) is 5.52 Å². The molecule has 80 valence electrons. The van der Waals surface area contributed by atoms with E-state index in [9.17, 15) is 0 Å². The van der Waals surface area contributed by atoms with E-state index in [0.717, 1.165) is 28.0 Å². The molecule has 1 heterocycles. The monoisotopic (exact) mass is 223 g/mol. The third-order valence-electron chi connectivity index (χ3n) is 2.03. The van der Waals surface area contributed by atoms with Crippen LogP contribution in [-0.2, 0) is 5.75 Å². The maximum absolute atomic E-state index is 9.07. The number of rotatable bonds is 2. The van der Waals surface area contributed by atoms with Crippen molar-refractivity contribution in [1.82, 2.24) is 4.98 Å². The molecular formula is C11H13NO2S. The number of benzene rings is 1. The van der Waals surface area contributed by atoms with Crippen LogP contribution in [0.2, 0.25) is 0 Å². The predicted molar refractivity (Wildman–Crippen MR) is 64.7 cm³/mol. The maximum atomic E-state index is 9.07. The second kappa shape index (κ2) is 4.16. The first-order valence-corrected chi connectivity index (χ1v) is 5.79. The number of fused-ring (bicyclic) bond motifs is 1. The van der Waals surface area contributed by atoms with Crippen LogP contribution in [0.1, 0.15) is 18.4 Å².